The third-order valence-corrected chi connectivity index (χ3v) is 4.75. The molecule has 0 radical (unpaired) electrons. The number of H-pyrrole nitrogens is 1. The van der Waals surface area contributed by atoms with E-state index in [0.29, 0.717) is 36.2 Å². The van der Waals surface area contributed by atoms with Crippen molar-refractivity contribution < 1.29 is 9.59 Å². The molecule has 1 atom stereocenters. The van der Waals surface area contributed by atoms with Gasteiger partial charge in [-0.2, -0.15) is 0 Å². The Bertz CT molecular complexity index is 953. The quantitative estimate of drug-likeness (QED) is 0.577. The van der Waals surface area contributed by atoms with Crippen LogP contribution in [0.2, 0.25) is 0 Å². The number of hydrogen-bond donors (Lipinski definition) is 1. The minimum atomic E-state index is -0.498. The van der Waals surface area contributed by atoms with Crippen LogP contribution >= 0.6 is 0 Å². The third kappa shape index (κ3) is 2.81. The van der Waals surface area contributed by atoms with Crippen LogP contribution in [0.5, 0.6) is 0 Å². The minimum Gasteiger partial charge on any atom is -0.353 e. The van der Waals surface area contributed by atoms with Crippen molar-refractivity contribution in [3.05, 3.63) is 54.5 Å². The maximum Gasteiger partial charge on any atom is 0.295 e. The predicted octanol–water partition coefficient (Wildman–Crippen LogP) is 1.88. The van der Waals surface area contributed by atoms with Gasteiger partial charge in [-0.1, -0.05) is 6.07 Å². The number of fused-ring (bicyclic) bond motifs is 1. The molecule has 1 aliphatic heterocycles. The highest BCUT2D eigenvalue weighted by molar-refractivity contribution is 6.44. The van der Waals surface area contributed by atoms with Gasteiger partial charge in [0.2, 0.25) is 0 Å². The molecule has 0 aromatic carbocycles. The lowest BCUT2D eigenvalue weighted by Crippen LogP contribution is -2.55. The first kappa shape index (κ1) is 16.3. The molecular weight excluding hydrogens is 330 g/mol. The number of aromatic nitrogens is 3. The smallest absolute Gasteiger partial charge is 0.295 e. The molecule has 3 aromatic heterocycles. The summed E-state index contributed by atoms with van der Waals surface area (Å²) >= 11 is 0. The van der Waals surface area contributed by atoms with Crippen LogP contribution in [0.25, 0.3) is 11.0 Å². The van der Waals surface area contributed by atoms with Crippen LogP contribution in [0.15, 0.2) is 48.9 Å². The van der Waals surface area contributed by atoms with E-state index in [2.05, 4.69) is 19.9 Å². The molecule has 132 valence electrons. The zero-order valence-electron chi connectivity index (χ0n) is 14.4. The van der Waals surface area contributed by atoms with Crippen LogP contribution in [0, 0.1) is 0 Å². The Morgan fingerprint density at radius 2 is 1.96 bits per heavy atom. The number of nitrogens with one attached hydrogen (secondary N) is 1. The lowest BCUT2D eigenvalue weighted by atomic mass is 10.1. The first-order valence-electron chi connectivity index (χ1n) is 8.58. The van der Waals surface area contributed by atoms with Gasteiger partial charge in [-0.05, 0) is 31.2 Å². The van der Waals surface area contributed by atoms with Gasteiger partial charge < -0.3 is 14.8 Å². The van der Waals surface area contributed by atoms with Crippen molar-refractivity contribution in [2.45, 2.75) is 13.0 Å². The van der Waals surface area contributed by atoms with E-state index in [9.17, 15) is 9.59 Å². The molecule has 7 nitrogen and oxygen atoms in total. The molecule has 4 rings (SSSR count). The van der Waals surface area contributed by atoms with Crippen molar-refractivity contribution in [3.8, 4) is 0 Å². The Labute approximate surface area is 150 Å². The van der Waals surface area contributed by atoms with E-state index in [-0.39, 0.29) is 6.04 Å². The van der Waals surface area contributed by atoms with E-state index in [1.807, 2.05) is 25.1 Å². The van der Waals surface area contributed by atoms with Crippen molar-refractivity contribution >= 4 is 28.5 Å². The summed E-state index contributed by atoms with van der Waals surface area (Å²) in [6.07, 6.45) is 4.96. The number of rotatable bonds is 3. The van der Waals surface area contributed by atoms with Gasteiger partial charge in [-0.25, -0.2) is 9.97 Å². The summed E-state index contributed by atoms with van der Waals surface area (Å²) in [6, 6.07) is 9.24. The van der Waals surface area contributed by atoms with Gasteiger partial charge in [0, 0.05) is 49.7 Å². The van der Waals surface area contributed by atoms with Crippen molar-refractivity contribution in [1.82, 2.24) is 19.9 Å². The van der Waals surface area contributed by atoms with Crippen LogP contribution in [0.3, 0.4) is 0 Å². The number of ketones is 1. The van der Waals surface area contributed by atoms with Crippen LogP contribution in [-0.4, -0.2) is 57.2 Å². The van der Waals surface area contributed by atoms with Gasteiger partial charge in [0.05, 0.1) is 5.56 Å². The standard InChI is InChI=1S/C19H19N5O2/c1-13-12-23(16-6-2-3-7-20-16)9-10-24(13)19(26)17(25)15-11-22-18-14(15)5-4-8-21-18/h2-8,11,13H,9-10,12H2,1H3,(H,21,22)/t13-/m1/s1. The Kier molecular flexibility index (Phi) is 4.12. The minimum absolute atomic E-state index is 0.0782. The average molecular weight is 349 g/mol. The summed E-state index contributed by atoms with van der Waals surface area (Å²) in [5, 5.41) is 0.672. The van der Waals surface area contributed by atoms with E-state index in [4.69, 9.17) is 0 Å². The van der Waals surface area contributed by atoms with Crippen LogP contribution in [-0.2, 0) is 4.79 Å². The Morgan fingerprint density at radius 3 is 2.73 bits per heavy atom. The van der Waals surface area contributed by atoms with Crippen molar-refractivity contribution in [2.24, 2.45) is 0 Å². The molecule has 0 aliphatic carbocycles. The molecule has 0 unspecified atom stereocenters. The molecule has 0 saturated carbocycles. The lowest BCUT2D eigenvalue weighted by Gasteiger charge is -2.40. The van der Waals surface area contributed by atoms with Gasteiger partial charge in [-0.3, -0.25) is 9.59 Å². The summed E-state index contributed by atoms with van der Waals surface area (Å²) in [5.41, 5.74) is 0.981. The fourth-order valence-electron chi connectivity index (χ4n) is 3.40. The second-order valence-electron chi connectivity index (χ2n) is 6.41. The van der Waals surface area contributed by atoms with E-state index < -0.39 is 11.7 Å². The largest absolute Gasteiger partial charge is 0.353 e. The normalized spacial score (nSPS) is 17.5. The molecule has 7 heteroatoms. The van der Waals surface area contributed by atoms with E-state index >= 15 is 0 Å². The van der Waals surface area contributed by atoms with Gasteiger partial charge in [0.25, 0.3) is 11.7 Å². The van der Waals surface area contributed by atoms with Crippen LogP contribution in [0.1, 0.15) is 17.3 Å². The van der Waals surface area contributed by atoms with E-state index in [0.717, 1.165) is 5.82 Å². The van der Waals surface area contributed by atoms with Crippen LogP contribution in [0.4, 0.5) is 5.82 Å². The lowest BCUT2D eigenvalue weighted by molar-refractivity contribution is -0.128. The molecule has 1 N–H and O–H groups in total. The van der Waals surface area contributed by atoms with Gasteiger partial charge in [0.15, 0.2) is 0 Å². The molecule has 1 aliphatic rings. The number of aromatic amines is 1. The monoisotopic (exact) mass is 349 g/mol. The summed E-state index contributed by atoms with van der Waals surface area (Å²) in [4.78, 5) is 40.8. The second kappa shape index (κ2) is 6.59. The highest BCUT2D eigenvalue weighted by atomic mass is 16.2. The first-order valence-corrected chi connectivity index (χ1v) is 8.58. The van der Waals surface area contributed by atoms with Gasteiger partial charge in [0.1, 0.15) is 11.5 Å². The number of carbonyl (C=O) groups is 2. The molecule has 3 aromatic rings. The number of Topliss-reactive ketones (excluding diaryl/α,β-unsaturated/α-hetero) is 1. The zero-order valence-corrected chi connectivity index (χ0v) is 14.4. The Morgan fingerprint density at radius 1 is 1.12 bits per heavy atom. The topological polar surface area (TPSA) is 82.2 Å². The molecule has 1 saturated heterocycles. The zero-order chi connectivity index (χ0) is 18.1. The molecule has 4 heterocycles. The van der Waals surface area contributed by atoms with Gasteiger partial charge in [-0.15, -0.1) is 0 Å². The molecule has 1 fully saturated rings. The summed E-state index contributed by atoms with van der Waals surface area (Å²) in [5.74, 6) is -0.0780. The van der Waals surface area contributed by atoms with Crippen LogP contribution < -0.4 is 4.90 Å². The number of piperazine rings is 1. The molecule has 1 amide bonds. The highest BCUT2D eigenvalue weighted by Gasteiger charge is 2.32. The molecule has 0 spiro atoms. The molecule has 26 heavy (non-hydrogen) atoms. The van der Waals surface area contributed by atoms with Crippen molar-refractivity contribution in [1.29, 1.82) is 0 Å². The van der Waals surface area contributed by atoms with E-state index in [1.54, 1.807) is 35.6 Å². The van der Waals surface area contributed by atoms with E-state index in [1.165, 1.54) is 0 Å². The number of carbonyl (C=O) groups excluding carboxylic acids is 2. The maximum absolute atomic E-state index is 12.8. The summed E-state index contributed by atoms with van der Waals surface area (Å²) in [6.45, 7) is 3.74. The number of nitrogens with zero attached hydrogens (tertiary/aromatic N) is 4. The predicted molar refractivity (Wildman–Crippen MR) is 98.0 cm³/mol. The van der Waals surface area contributed by atoms with Crippen molar-refractivity contribution in [3.63, 3.8) is 0 Å². The second-order valence-corrected chi connectivity index (χ2v) is 6.41. The van der Waals surface area contributed by atoms with Crippen molar-refractivity contribution in [2.75, 3.05) is 24.5 Å². The number of pyridine rings is 2. The fourth-order valence-corrected chi connectivity index (χ4v) is 3.40. The molecule has 0 bridgehead atoms. The Hall–Kier alpha value is -3.22. The maximum atomic E-state index is 12.8. The first-order chi connectivity index (χ1) is 12.6. The number of hydrogen-bond acceptors (Lipinski definition) is 5. The SMILES string of the molecule is C[C@@H]1CN(c2ccccn2)CCN1C(=O)C(=O)c1c[nH]c2ncccc12. The fraction of sp³-hybridized carbons (Fsp3) is 0.263. The Balaban J connectivity index is 1.51. The average Bonchev–Trinajstić information content (AvgIpc) is 3.11. The molecular formula is C19H19N5O2. The highest BCUT2D eigenvalue weighted by Crippen LogP contribution is 2.20. The number of amides is 1. The van der Waals surface area contributed by atoms with Gasteiger partial charge >= 0.3 is 0 Å². The summed E-state index contributed by atoms with van der Waals surface area (Å²) in [7, 11) is 0. The third-order valence-electron chi connectivity index (χ3n) is 4.75. The number of anilines is 1. The summed E-state index contributed by atoms with van der Waals surface area (Å²) < 4.78 is 0.